The quantitative estimate of drug-likeness (QED) is 0.915. The van der Waals surface area contributed by atoms with Crippen LogP contribution in [0.5, 0.6) is 0 Å². The van der Waals surface area contributed by atoms with Crippen molar-refractivity contribution in [2.75, 3.05) is 16.8 Å². The summed E-state index contributed by atoms with van der Waals surface area (Å²) in [5.74, 6) is 0.544. The van der Waals surface area contributed by atoms with E-state index in [0.29, 0.717) is 19.3 Å². The van der Waals surface area contributed by atoms with Gasteiger partial charge in [-0.2, -0.15) is 0 Å². The fourth-order valence-electron chi connectivity index (χ4n) is 2.18. The minimum Gasteiger partial charge on any atom is -0.326 e. The number of rotatable bonds is 3. The molecule has 0 saturated carbocycles. The molecule has 1 aromatic rings. The molecule has 1 aliphatic rings. The Labute approximate surface area is 121 Å². The van der Waals surface area contributed by atoms with Crippen LogP contribution < -0.4 is 5.32 Å². The van der Waals surface area contributed by atoms with E-state index in [1.807, 2.05) is 24.3 Å². The van der Waals surface area contributed by atoms with Crippen LogP contribution >= 0.6 is 15.9 Å². The molecule has 0 bridgehead atoms. The highest BCUT2D eigenvalue weighted by molar-refractivity contribution is 9.10. The normalized spacial score (nSPS) is 19.0. The topological polar surface area (TPSA) is 63.2 Å². The van der Waals surface area contributed by atoms with Crippen LogP contribution in [-0.2, 0) is 14.6 Å². The van der Waals surface area contributed by atoms with E-state index in [-0.39, 0.29) is 23.3 Å². The van der Waals surface area contributed by atoms with Gasteiger partial charge < -0.3 is 5.32 Å². The third-order valence-corrected chi connectivity index (χ3v) is 5.47. The molecule has 2 rings (SSSR count). The Balaban J connectivity index is 1.85. The number of benzene rings is 1. The maximum Gasteiger partial charge on any atom is 0.224 e. The third kappa shape index (κ3) is 4.62. The molecule has 1 heterocycles. The van der Waals surface area contributed by atoms with Crippen molar-refractivity contribution >= 4 is 37.4 Å². The maximum absolute atomic E-state index is 11.9. The lowest BCUT2D eigenvalue weighted by atomic mass is 9.98. The molecule has 0 aromatic heterocycles. The largest absolute Gasteiger partial charge is 0.326 e. The van der Waals surface area contributed by atoms with Gasteiger partial charge in [0.05, 0.1) is 11.5 Å². The molecule has 1 saturated heterocycles. The summed E-state index contributed by atoms with van der Waals surface area (Å²) in [7, 11) is -2.85. The highest BCUT2D eigenvalue weighted by Crippen LogP contribution is 2.23. The predicted octanol–water partition coefficient (Wildman–Crippen LogP) is 2.60. The first-order valence-corrected chi connectivity index (χ1v) is 8.82. The van der Waals surface area contributed by atoms with Crippen molar-refractivity contribution in [3.8, 4) is 0 Å². The molecule has 104 valence electrons. The van der Waals surface area contributed by atoms with E-state index in [2.05, 4.69) is 21.2 Å². The summed E-state index contributed by atoms with van der Waals surface area (Å²) in [5, 5.41) is 2.83. The molecule has 0 radical (unpaired) electrons. The lowest BCUT2D eigenvalue weighted by molar-refractivity contribution is -0.117. The molecule has 1 N–H and O–H groups in total. The molecule has 0 aliphatic carbocycles. The fourth-order valence-corrected chi connectivity index (χ4v) is 4.17. The number of nitrogens with one attached hydrogen (secondary N) is 1. The Morgan fingerprint density at radius 1 is 1.32 bits per heavy atom. The number of sulfone groups is 1. The molecular formula is C13H16BrNO3S. The van der Waals surface area contributed by atoms with Gasteiger partial charge >= 0.3 is 0 Å². The number of halogens is 1. The lowest BCUT2D eigenvalue weighted by Crippen LogP contribution is -2.26. The summed E-state index contributed by atoms with van der Waals surface area (Å²) in [5.41, 5.74) is 0.753. The van der Waals surface area contributed by atoms with E-state index in [1.165, 1.54) is 0 Å². The third-order valence-electron chi connectivity index (χ3n) is 3.26. The summed E-state index contributed by atoms with van der Waals surface area (Å²) in [6.45, 7) is 0. The highest BCUT2D eigenvalue weighted by atomic mass is 79.9. The van der Waals surface area contributed by atoms with Crippen LogP contribution in [0.15, 0.2) is 28.7 Å². The smallest absolute Gasteiger partial charge is 0.224 e. The molecule has 1 fully saturated rings. The van der Waals surface area contributed by atoms with Crippen molar-refractivity contribution in [1.82, 2.24) is 0 Å². The van der Waals surface area contributed by atoms with E-state index in [9.17, 15) is 13.2 Å². The van der Waals surface area contributed by atoms with E-state index in [4.69, 9.17) is 0 Å². The van der Waals surface area contributed by atoms with Crippen LogP contribution in [0.25, 0.3) is 0 Å². The van der Waals surface area contributed by atoms with Crippen LogP contribution in [0, 0.1) is 5.92 Å². The molecular weight excluding hydrogens is 330 g/mol. The Bertz CT molecular complexity index is 557. The number of amides is 1. The number of carbonyl (C=O) groups is 1. The first-order chi connectivity index (χ1) is 8.94. The van der Waals surface area contributed by atoms with Crippen molar-refractivity contribution < 1.29 is 13.2 Å². The van der Waals surface area contributed by atoms with Crippen LogP contribution in [-0.4, -0.2) is 25.8 Å². The van der Waals surface area contributed by atoms with Crippen LogP contribution in [0.4, 0.5) is 5.69 Å². The summed E-state index contributed by atoms with van der Waals surface area (Å²) >= 11 is 3.35. The molecule has 19 heavy (non-hydrogen) atoms. The molecule has 1 aromatic carbocycles. The molecule has 0 unspecified atom stereocenters. The van der Waals surface area contributed by atoms with Gasteiger partial charge in [0.1, 0.15) is 9.84 Å². The second-order valence-corrected chi connectivity index (χ2v) is 8.08. The van der Waals surface area contributed by atoms with Crippen molar-refractivity contribution in [3.63, 3.8) is 0 Å². The number of anilines is 1. The highest BCUT2D eigenvalue weighted by Gasteiger charge is 2.25. The van der Waals surface area contributed by atoms with E-state index < -0.39 is 9.84 Å². The number of hydrogen-bond donors (Lipinski definition) is 1. The number of carbonyl (C=O) groups excluding carboxylic acids is 1. The van der Waals surface area contributed by atoms with E-state index in [1.54, 1.807) is 0 Å². The van der Waals surface area contributed by atoms with Crippen molar-refractivity contribution in [2.45, 2.75) is 19.3 Å². The summed E-state index contributed by atoms with van der Waals surface area (Å²) < 4.78 is 23.5. The summed E-state index contributed by atoms with van der Waals surface area (Å²) in [6.07, 6.45) is 1.57. The second-order valence-electron chi connectivity index (χ2n) is 4.86. The van der Waals surface area contributed by atoms with Gasteiger partial charge in [0.2, 0.25) is 5.91 Å². The monoisotopic (exact) mass is 345 g/mol. The molecule has 6 heteroatoms. The van der Waals surface area contributed by atoms with Gasteiger partial charge in [0.25, 0.3) is 0 Å². The van der Waals surface area contributed by atoms with Gasteiger partial charge in [0.15, 0.2) is 0 Å². The van der Waals surface area contributed by atoms with Gasteiger partial charge in [-0.05, 0) is 37.0 Å². The standard InChI is InChI=1S/C13H16BrNO3S/c14-11-2-1-3-12(9-11)15-13(16)8-10-4-6-19(17,18)7-5-10/h1-3,9-10H,4-8H2,(H,15,16). The van der Waals surface area contributed by atoms with E-state index >= 15 is 0 Å². The maximum atomic E-state index is 11.9. The zero-order valence-corrected chi connectivity index (χ0v) is 12.8. The van der Waals surface area contributed by atoms with Crippen molar-refractivity contribution in [3.05, 3.63) is 28.7 Å². The Kier molecular flexibility index (Phi) is 4.62. The lowest BCUT2D eigenvalue weighted by Gasteiger charge is -2.21. The summed E-state index contributed by atoms with van der Waals surface area (Å²) in [4.78, 5) is 11.9. The Morgan fingerprint density at radius 2 is 2.00 bits per heavy atom. The molecule has 4 nitrogen and oxygen atoms in total. The van der Waals surface area contributed by atoms with Crippen LogP contribution in [0.3, 0.4) is 0 Å². The second kappa shape index (κ2) is 6.05. The molecule has 1 aliphatic heterocycles. The van der Waals surface area contributed by atoms with Crippen molar-refractivity contribution in [1.29, 1.82) is 0 Å². The van der Waals surface area contributed by atoms with Gasteiger partial charge in [-0.15, -0.1) is 0 Å². The first kappa shape index (κ1) is 14.5. The average molecular weight is 346 g/mol. The fraction of sp³-hybridized carbons (Fsp3) is 0.462. The molecule has 1 amide bonds. The summed E-state index contributed by atoms with van der Waals surface area (Å²) in [6, 6.07) is 7.41. The van der Waals surface area contributed by atoms with E-state index in [0.717, 1.165) is 10.2 Å². The SMILES string of the molecule is O=C(CC1CCS(=O)(=O)CC1)Nc1cccc(Br)c1. The van der Waals surface area contributed by atoms with Gasteiger partial charge in [0, 0.05) is 16.6 Å². The van der Waals surface area contributed by atoms with Gasteiger partial charge in [-0.25, -0.2) is 8.42 Å². The molecule has 0 atom stereocenters. The van der Waals surface area contributed by atoms with Crippen LogP contribution in [0.2, 0.25) is 0 Å². The first-order valence-electron chi connectivity index (χ1n) is 6.20. The minimum atomic E-state index is -2.85. The predicted molar refractivity (Wildman–Crippen MR) is 78.8 cm³/mol. The van der Waals surface area contributed by atoms with Crippen molar-refractivity contribution in [2.24, 2.45) is 5.92 Å². The average Bonchev–Trinajstić information content (AvgIpc) is 2.32. The minimum absolute atomic E-state index is 0.0533. The Morgan fingerprint density at radius 3 is 2.63 bits per heavy atom. The van der Waals surface area contributed by atoms with Gasteiger partial charge in [-0.1, -0.05) is 22.0 Å². The van der Waals surface area contributed by atoms with Crippen LogP contribution in [0.1, 0.15) is 19.3 Å². The Hall–Kier alpha value is -0.880. The molecule has 0 spiro atoms. The zero-order chi connectivity index (χ0) is 13.9. The zero-order valence-electron chi connectivity index (χ0n) is 10.4. The number of hydrogen-bond acceptors (Lipinski definition) is 3. The van der Waals surface area contributed by atoms with Gasteiger partial charge in [-0.3, -0.25) is 4.79 Å².